The van der Waals surface area contributed by atoms with Crippen LogP contribution in [0.2, 0.25) is 0 Å². The minimum absolute atomic E-state index is 0.0633. The molecule has 4 nitrogen and oxygen atoms in total. The zero-order valence-electron chi connectivity index (χ0n) is 18.6. The molecule has 1 aromatic heterocycles. The molecule has 33 heavy (non-hydrogen) atoms. The highest BCUT2D eigenvalue weighted by molar-refractivity contribution is 7.12. The van der Waals surface area contributed by atoms with Crippen molar-refractivity contribution in [1.82, 2.24) is 10.2 Å². The summed E-state index contributed by atoms with van der Waals surface area (Å²) in [6.45, 7) is 0.303. The van der Waals surface area contributed by atoms with Gasteiger partial charge < -0.3 is 10.2 Å². The SMILES string of the molecule is O=C(NC1CCCCC1)C(c1ccccc1F)N(CCc1ccccc1)C(=O)c1cccs1. The van der Waals surface area contributed by atoms with Crippen molar-refractivity contribution in [2.24, 2.45) is 0 Å². The Labute approximate surface area is 198 Å². The van der Waals surface area contributed by atoms with Gasteiger partial charge in [0.15, 0.2) is 0 Å². The summed E-state index contributed by atoms with van der Waals surface area (Å²) in [7, 11) is 0. The van der Waals surface area contributed by atoms with Crippen LogP contribution in [0.1, 0.15) is 58.9 Å². The average molecular weight is 465 g/mol. The summed E-state index contributed by atoms with van der Waals surface area (Å²) < 4.78 is 15.0. The van der Waals surface area contributed by atoms with E-state index in [1.165, 1.54) is 28.7 Å². The third-order valence-electron chi connectivity index (χ3n) is 6.19. The molecule has 1 aliphatic rings. The molecule has 1 heterocycles. The van der Waals surface area contributed by atoms with Crippen molar-refractivity contribution < 1.29 is 14.0 Å². The van der Waals surface area contributed by atoms with Crippen molar-refractivity contribution >= 4 is 23.2 Å². The molecule has 4 rings (SSSR count). The number of carbonyl (C=O) groups excluding carboxylic acids is 2. The van der Waals surface area contributed by atoms with Crippen LogP contribution in [-0.2, 0) is 11.2 Å². The van der Waals surface area contributed by atoms with Crippen LogP contribution in [0, 0.1) is 5.82 Å². The number of nitrogens with zero attached hydrogens (tertiary/aromatic N) is 1. The zero-order valence-corrected chi connectivity index (χ0v) is 19.4. The smallest absolute Gasteiger partial charge is 0.264 e. The molecule has 1 N–H and O–H groups in total. The minimum Gasteiger partial charge on any atom is -0.351 e. The largest absolute Gasteiger partial charge is 0.351 e. The van der Waals surface area contributed by atoms with Crippen molar-refractivity contribution in [2.45, 2.75) is 50.6 Å². The number of nitrogens with one attached hydrogen (secondary N) is 1. The first-order valence-corrected chi connectivity index (χ1v) is 12.4. The first-order chi connectivity index (χ1) is 16.1. The predicted octanol–water partition coefficient (Wildman–Crippen LogP) is 5.76. The summed E-state index contributed by atoms with van der Waals surface area (Å²) in [5.41, 5.74) is 1.28. The predicted molar refractivity (Wildman–Crippen MR) is 130 cm³/mol. The van der Waals surface area contributed by atoms with E-state index in [2.05, 4.69) is 5.32 Å². The Morgan fingerprint density at radius 2 is 1.70 bits per heavy atom. The average Bonchev–Trinajstić information content (AvgIpc) is 3.38. The van der Waals surface area contributed by atoms with E-state index in [0.717, 1.165) is 31.2 Å². The fourth-order valence-electron chi connectivity index (χ4n) is 4.46. The normalized spacial score (nSPS) is 15.1. The van der Waals surface area contributed by atoms with Gasteiger partial charge in [0.25, 0.3) is 5.91 Å². The topological polar surface area (TPSA) is 49.4 Å². The summed E-state index contributed by atoms with van der Waals surface area (Å²) in [5, 5.41) is 4.96. The molecular formula is C27H29FN2O2S. The number of thiophene rings is 1. The Morgan fingerprint density at radius 3 is 2.39 bits per heavy atom. The quantitative estimate of drug-likeness (QED) is 0.461. The van der Waals surface area contributed by atoms with E-state index in [9.17, 15) is 14.0 Å². The van der Waals surface area contributed by atoms with Gasteiger partial charge in [-0.25, -0.2) is 4.39 Å². The lowest BCUT2D eigenvalue weighted by molar-refractivity contribution is -0.127. The molecule has 1 saturated carbocycles. The van der Waals surface area contributed by atoms with E-state index in [-0.39, 0.29) is 23.4 Å². The highest BCUT2D eigenvalue weighted by Crippen LogP contribution is 2.28. The third kappa shape index (κ3) is 5.88. The van der Waals surface area contributed by atoms with E-state index >= 15 is 0 Å². The molecule has 2 amide bonds. The van der Waals surface area contributed by atoms with Gasteiger partial charge in [-0.3, -0.25) is 9.59 Å². The van der Waals surface area contributed by atoms with E-state index < -0.39 is 11.9 Å². The van der Waals surface area contributed by atoms with Gasteiger partial charge >= 0.3 is 0 Å². The molecule has 0 saturated heterocycles. The van der Waals surface area contributed by atoms with E-state index in [1.54, 1.807) is 24.3 Å². The fraction of sp³-hybridized carbons (Fsp3) is 0.333. The Bertz CT molecular complexity index is 1050. The van der Waals surface area contributed by atoms with Crippen molar-refractivity contribution in [3.8, 4) is 0 Å². The second-order valence-corrected chi connectivity index (χ2v) is 9.43. The maximum atomic E-state index is 15.0. The van der Waals surface area contributed by atoms with Crippen LogP contribution < -0.4 is 5.32 Å². The highest BCUT2D eigenvalue weighted by Gasteiger charge is 2.35. The van der Waals surface area contributed by atoms with Crippen LogP contribution in [-0.4, -0.2) is 29.3 Å². The third-order valence-corrected chi connectivity index (χ3v) is 7.05. The summed E-state index contributed by atoms with van der Waals surface area (Å²) >= 11 is 1.33. The highest BCUT2D eigenvalue weighted by atomic mass is 32.1. The number of halogens is 1. The summed E-state index contributed by atoms with van der Waals surface area (Å²) in [5.74, 6) is -1.05. The molecule has 172 valence electrons. The van der Waals surface area contributed by atoms with Gasteiger partial charge in [-0.05, 0) is 42.3 Å². The Morgan fingerprint density at radius 1 is 0.970 bits per heavy atom. The van der Waals surface area contributed by atoms with Gasteiger partial charge in [0, 0.05) is 18.2 Å². The number of benzene rings is 2. The van der Waals surface area contributed by atoms with Gasteiger partial charge in [-0.1, -0.05) is 73.9 Å². The lowest BCUT2D eigenvalue weighted by Gasteiger charge is -2.33. The fourth-order valence-corrected chi connectivity index (χ4v) is 5.14. The summed E-state index contributed by atoms with van der Waals surface area (Å²) in [6, 6.07) is 18.7. The number of amides is 2. The maximum absolute atomic E-state index is 15.0. The summed E-state index contributed by atoms with van der Waals surface area (Å²) in [4.78, 5) is 29.3. The molecule has 1 fully saturated rings. The lowest BCUT2D eigenvalue weighted by atomic mass is 9.94. The van der Waals surface area contributed by atoms with Crippen LogP contribution in [0.4, 0.5) is 4.39 Å². The molecule has 0 aliphatic heterocycles. The lowest BCUT2D eigenvalue weighted by Crippen LogP contribution is -2.47. The molecule has 0 bridgehead atoms. The van der Waals surface area contributed by atoms with Crippen LogP contribution >= 0.6 is 11.3 Å². The number of hydrogen-bond donors (Lipinski definition) is 1. The van der Waals surface area contributed by atoms with Gasteiger partial charge in [0.05, 0.1) is 4.88 Å². The molecule has 1 aliphatic carbocycles. The molecule has 0 radical (unpaired) electrons. The summed E-state index contributed by atoms with van der Waals surface area (Å²) in [6.07, 6.45) is 5.71. The molecule has 3 aromatic rings. The Balaban J connectivity index is 1.68. The number of hydrogen-bond acceptors (Lipinski definition) is 3. The molecule has 0 spiro atoms. The van der Waals surface area contributed by atoms with Gasteiger partial charge in [0.2, 0.25) is 5.91 Å². The second-order valence-electron chi connectivity index (χ2n) is 8.48. The number of rotatable bonds is 8. The molecule has 1 atom stereocenters. The molecule has 6 heteroatoms. The van der Waals surface area contributed by atoms with Gasteiger partial charge in [-0.15, -0.1) is 11.3 Å². The molecule has 1 unspecified atom stereocenters. The molecular weight excluding hydrogens is 435 g/mol. The van der Waals surface area contributed by atoms with E-state index in [0.29, 0.717) is 17.8 Å². The van der Waals surface area contributed by atoms with E-state index in [1.807, 2.05) is 41.8 Å². The Kier molecular flexibility index (Phi) is 7.89. The maximum Gasteiger partial charge on any atom is 0.264 e. The standard InChI is InChI=1S/C27H29FN2O2S/c28-23-15-8-7-14-22(23)25(26(31)29-21-12-5-2-6-13-21)30(27(32)24-16-9-19-33-24)18-17-20-10-3-1-4-11-20/h1,3-4,7-11,14-16,19,21,25H,2,5-6,12-13,17-18H2,(H,29,31). The van der Waals surface area contributed by atoms with Crippen molar-refractivity contribution in [3.05, 3.63) is 93.9 Å². The second kappa shape index (κ2) is 11.2. The number of carbonyl (C=O) groups is 2. The van der Waals surface area contributed by atoms with Gasteiger partial charge in [0.1, 0.15) is 11.9 Å². The zero-order chi connectivity index (χ0) is 23.0. The molecule has 2 aromatic carbocycles. The van der Waals surface area contributed by atoms with Crippen LogP contribution in [0.25, 0.3) is 0 Å². The van der Waals surface area contributed by atoms with Crippen molar-refractivity contribution in [2.75, 3.05) is 6.54 Å². The van der Waals surface area contributed by atoms with Crippen LogP contribution in [0.3, 0.4) is 0 Å². The first kappa shape index (κ1) is 23.2. The van der Waals surface area contributed by atoms with Crippen molar-refractivity contribution in [3.63, 3.8) is 0 Å². The van der Waals surface area contributed by atoms with Crippen LogP contribution in [0.5, 0.6) is 0 Å². The van der Waals surface area contributed by atoms with Crippen LogP contribution in [0.15, 0.2) is 72.1 Å². The van der Waals surface area contributed by atoms with Gasteiger partial charge in [-0.2, -0.15) is 0 Å². The monoisotopic (exact) mass is 464 g/mol. The Hall–Kier alpha value is -2.99. The van der Waals surface area contributed by atoms with Crippen molar-refractivity contribution in [1.29, 1.82) is 0 Å². The minimum atomic E-state index is -1.04. The van der Waals surface area contributed by atoms with E-state index in [4.69, 9.17) is 0 Å². The first-order valence-electron chi connectivity index (χ1n) is 11.6.